The smallest absolute Gasteiger partial charge is 0.323 e. The summed E-state index contributed by atoms with van der Waals surface area (Å²) in [5.74, 6) is 1.34. The average Bonchev–Trinajstić information content (AvgIpc) is 3.27. The van der Waals surface area contributed by atoms with E-state index in [2.05, 4.69) is 15.7 Å². The summed E-state index contributed by atoms with van der Waals surface area (Å²) in [5, 5.41) is 15.2. The van der Waals surface area contributed by atoms with Crippen LogP contribution in [-0.2, 0) is 10.0 Å². The number of benzene rings is 3. The number of aromatic nitrogens is 2. The first kappa shape index (κ1) is 23.8. The molecule has 2 amide bonds. The Morgan fingerprint density at radius 2 is 1.43 bits per heavy atom. The summed E-state index contributed by atoms with van der Waals surface area (Å²) in [6.45, 7) is 0. The topological polar surface area (TPSA) is 138 Å². The maximum Gasteiger partial charge on any atom is 0.323 e. The average molecular weight is 494 g/mol. The third-order valence-electron chi connectivity index (χ3n) is 5.14. The number of sulfonamides is 1. The summed E-state index contributed by atoms with van der Waals surface area (Å²) in [6, 6.07) is 19.7. The summed E-state index contributed by atoms with van der Waals surface area (Å²) in [4.78, 5) is 12.7. The molecule has 0 fully saturated rings. The molecular weight excluding hydrogens is 470 g/mol. The minimum Gasteiger partial charge on any atom is -0.497 e. The Morgan fingerprint density at radius 3 is 1.97 bits per heavy atom. The monoisotopic (exact) mass is 493 g/mol. The van der Waals surface area contributed by atoms with Crippen LogP contribution >= 0.6 is 0 Å². The van der Waals surface area contributed by atoms with Gasteiger partial charge in [0.05, 0.1) is 42.4 Å². The molecule has 11 heteroatoms. The number of anilines is 2. The van der Waals surface area contributed by atoms with E-state index in [4.69, 9.17) is 14.6 Å². The molecule has 10 nitrogen and oxygen atoms in total. The largest absolute Gasteiger partial charge is 0.497 e. The fraction of sp³-hybridized carbons (Fsp3) is 0.0833. The minimum atomic E-state index is -3.83. The van der Waals surface area contributed by atoms with E-state index in [1.165, 1.54) is 18.3 Å². The summed E-state index contributed by atoms with van der Waals surface area (Å²) < 4.78 is 35.2. The molecule has 0 aliphatic heterocycles. The number of ether oxygens (including phenoxy) is 2. The first-order valence-corrected chi connectivity index (χ1v) is 11.9. The van der Waals surface area contributed by atoms with Crippen LogP contribution in [0.15, 0.2) is 83.9 Å². The molecule has 0 aliphatic carbocycles. The standard InChI is InChI=1S/C24H23N5O5S/c1-33-19-9-3-16(4-10-19)23-22(28-24(30)27-17-5-11-20(34-2)12-6-17)15-26-29(23)18-7-13-21(14-8-18)35(25,31)32/h3-15H,1-2H3,(H2,25,31,32)(H2,27,28,30). The van der Waals surface area contributed by atoms with E-state index in [1.807, 2.05) is 12.1 Å². The van der Waals surface area contributed by atoms with Gasteiger partial charge in [0.25, 0.3) is 0 Å². The maximum atomic E-state index is 12.7. The summed E-state index contributed by atoms with van der Waals surface area (Å²) >= 11 is 0. The van der Waals surface area contributed by atoms with Crippen LogP contribution in [0.25, 0.3) is 16.9 Å². The number of primary sulfonamides is 1. The molecule has 4 rings (SSSR count). The molecule has 0 aliphatic rings. The van der Waals surface area contributed by atoms with Crippen LogP contribution in [0.4, 0.5) is 16.2 Å². The van der Waals surface area contributed by atoms with Crippen molar-refractivity contribution in [3.05, 3.63) is 79.0 Å². The number of nitrogens with zero attached hydrogens (tertiary/aromatic N) is 2. The predicted octanol–water partition coefficient (Wildman–Crippen LogP) is 3.85. The van der Waals surface area contributed by atoms with Crippen LogP contribution in [0.5, 0.6) is 11.5 Å². The van der Waals surface area contributed by atoms with Crippen molar-refractivity contribution in [3.8, 4) is 28.4 Å². The summed E-state index contributed by atoms with van der Waals surface area (Å²) in [5.41, 5.74) is 2.93. The van der Waals surface area contributed by atoms with Crippen molar-refractivity contribution in [2.75, 3.05) is 24.9 Å². The Labute approximate surface area is 202 Å². The molecule has 35 heavy (non-hydrogen) atoms. The molecule has 0 unspecified atom stereocenters. The Bertz CT molecular complexity index is 1430. The highest BCUT2D eigenvalue weighted by Gasteiger charge is 2.18. The van der Waals surface area contributed by atoms with Gasteiger partial charge in [-0.3, -0.25) is 0 Å². The highest BCUT2D eigenvalue weighted by atomic mass is 32.2. The molecule has 180 valence electrons. The van der Waals surface area contributed by atoms with Gasteiger partial charge in [0.2, 0.25) is 10.0 Å². The lowest BCUT2D eigenvalue weighted by atomic mass is 10.1. The lowest BCUT2D eigenvalue weighted by Crippen LogP contribution is -2.19. The van der Waals surface area contributed by atoms with Gasteiger partial charge in [-0.2, -0.15) is 5.10 Å². The quantitative estimate of drug-likeness (QED) is 0.358. The highest BCUT2D eigenvalue weighted by molar-refractivity contribution is 7.89. The van der Waals surface area contributed by atoms with Crippen molar-refractivity contribution in [2.45, 2.75) is 4.90 Å². The van der Waals surface area contributed by atoms with E-state index in [0.717, 1.165) is 5.56 Å². The van der Waals surface area contributed by atoms with Crippen LogP contribution in [0.3, 0.4) is 0 Å². The van der Waals surface area contributed by atoms with Crippen LogP contribution in [0.1, 0.15) is 0 Å². The third-order valence-corrected chi connectivity index (χ3v) is 6.07. The van der Waals surface area contributed by atoms with Gasteiger partial charge in [-0.1, -0.05) is 0 Å². The number of carbonyl (C=O) groups is 1. The number of nitrogens with two attached hydrogens (primary N) is 1. The van der Waals surface area contributed by atoms with E-state index >= 15 is 0 Å². The van der Waals surface area contributed by atoms with Crippen molar-refractivity contribution in [2.24, 2.45) is 5.14 Å². The molecule has 0 saturated heterocycles. The lowest BCUT2D eigenvalue weighted by Gasteiger charge is -2.13. The number of nitrogens with one attached hydrogen (secondary N) is 2. The SMILES string of the molecule is COc1ccc(NC(=O)Nc2cnn(-c3ccc(S(N)(=O)=O)cc3)c2-c2ccc(OC)cc2)cc1. The molecule has 0 bridgehead atoms. The van der Waals surface area contributed by atoms with Gasteiger partial charge in [0.1, 0.15) is 11.5 Å². The zero-order chi connectivity index (χ0) is 25.0. The van der Waals surface area contributed by atoms with E-state index in [9.17, 15) is 13.2 Å². The van der Waals surface area contributed by atoms with Gasteiger partial charge in [-0.15, -0.1) is 0 Å². The van der Waals surface area contributed by atoms with E-state index in [0.29, 0.717) is 34.3 Å². The molecule has 4 N–H and O–H groups in total. The van der Waals surface area contributed by atoms with E-state index < -0.39 is 16.1 Å². The first-order valence-electron chi connectivity index (χ1n) is 10.4. The molecular formula is C24H23N5O5S. The van der Waals surface area contributed by atoms with Gasteiger partial charge >= 0.3 is 6.03 Å². The second kappa shape index (κ2) is 9.87. The number of hydrogen-bond acceptors (Lipinski definition) is 6. The van der Waals surface area contributed by atoms with Gasteiger partial charge in [-0.25, -0.2) is 23.0 Å². The molecule has 0 atom stereocenters. The van der Waals surface area contributed by atoms with Crippen molar-refractivity contribution in [3.63, 3.8) is 0 Å². The Morgan fingerprint density at radius 1 is 0.857 bits per heavy atom. The number of urea groups is 1. The molecule has 4 aromatic rings. The Hall–Kier alpha value is -4.35. The predicted molar refractivity (Wildman–Crippen MR) is 133 cm³/mol. The van der Waals surface area contributed by atoms with Crippen molar-refractivity contribution in [1.29, 1.82) is 0 Å². The number of amides is 2. The second-order valence-electron chi connectivity index (χ2n) is 7.39. The number of rotatable bonds is 7. The van der Waals surface area contributed by atoms with Gasteiger partial charge in [0.15, 0.2) is 0 Å². The second-order valence-corrected chi connectivity index (χ2v) is 8.96. The molecule has 0 radical (unpaired) electrons. The number of methoxy groups -OCH3 is 2. The maximum absolute atomic E-state index is 12.7. The van der Waals surface area contributed by atoms with Gasteiger partial charge in [0, 0.05) is 11.3 Å². The highest BCUT2D eigenvalue weighted by Crippen LogP contribution is 2.32. The number of hydrogen-bond donors (Lipinski definition) is 3. The fourth-order valence-corrected chi connectivity index (χ4v) is 3.91. The molecule has 1 aromatic heterocycles. The summed E-state index contributed by atoms with van der Waals surface area (Å²) in [7, 11) is -0.696. The Kier molecular flexibility index (Phi) is 6.71. The van der Waals surface area contributed by atoms with E-state index in [1.54, 1.807) is 67.4 Å². The van der Waals surface area contributed by atoms with Gasteiger partial charge in [-0.05, 0) is 72.8 Å². The first-order chi connectivity index (χ1) is 16.8. The lowest BCUT2D eigenvalue weighted by molar-refractivity contribution is 0.262. The summed E-state index contributed by atoms with van der Waals surface area (Å²) in [6.07, 6.45) is 1.51. The normalized spacial score (nSPS) is 11.1. The van der Waals surface area contributed by atoms with Crippen molar-refractivity contribution >= 4 is 27.4 Å². The van der Waals surface area contributed by atoms with Crippen molar-refractivity contribution in [1.82, 2.24) is 9.78 Å². The van der Waals surface area contributed by atoms with Crippen LogP contribution < -0.4 is 25.2 Å². The molecule has 1 heterocycles. The van der Waals surface area contributed by atoms with Crippen LogP contribution in [0.2, 0.25) is 0 Å². The Balaban J connectivity index is 1.68. The number of carbonyl (C=O) groups excluding carboxylic acids is 1. The zero-order valence-corrected chi connectivity index (χ0v) is 19.7. The van der Waals surface area contributed by atoms with Crippen molar-refractivity contribution < 1.29 is 22.7 Å². The van der Waals surface area contributed by atoms with Gasteiger partial charge < -0.3 is 20.1 Å². The van der Waals surface area contributed by atoms with Crippen LogP contribution in [0, 0.1) is 0 Å². The molecule has 3 aromatic carbocycles. The van der Waals surface area contributed by atoms with Crippen LogP contribution in [-0.4, -0.2) is 38.4 Å². The molecule has 0 spiro atoms. The third kappa shape index (κ3) is 5.42. The zero-order valence-electron chi connectivity index (χ0n) is 18.9. The van der Waals surface area contributed by atoms with E-state index in [-0.39, 0.29) is 4.90 Å². The fourth-order valence-electron chi connectivity index (χ4n) is 3.40. The minimum absolute atomic E-state index is 0.0170. The molecule has 0 saturated carbocycles.